The highest BCUT2D eigenvalue weighted by Gasteiger charge is 2.42. The van der Waals surface area contributed by atoms with Crippen molar-refractivity contribution in [2.45, 2.75) is 51.9 Å². The van der Waals surface area contributed by atoms with Crippen molar-refractivity contribution in [1.29, 1.82) is 0 Å². The third kappa shape index (κ3) is 4.21. The Morgan fingerprint density at radius 1 is 1.41 bits per heavy atom. The Balaban J connectivity index is 2.29. The zero-order valence-electron chi connectivity index (χ0n) is 11.5. The average Bonchev–Trinajstić information content (AvgIpc) is 2.22. The van der Waals surface area contributed by atoms with Crippen LogP contribution in [0.2, 0.25) is 0 Å². The monoisotopic (exact) mass is 245 g/mol. The molecule has 2 N–H and O–H groups in total. The van der Waals surface area contributed by atoms with Crippen molar-refractivity contribution in [2.24, 2.45) is 5.41 Å². The maximum atomic E-state index is 8.98. The summed E-state index contributed by atoms with van der Waals surface area (Å²) in [7, 11) is 1.74. The van der Waals surface area contributed by atoms with E-state index in [4.69, 9.17) is 14.6 Å². The molecule has 0 bridgehead atoms. The molecule has 1 aliphatic rings. The van der Waals surface area contributed by atoms with E-state index in [9.17, 15) is 0 Å². The molecule has 0 radical (unpaired) electrons. The first-order chi connectivity index (χ1) is 8.04. The Bertz CT molecular complexity index is 221. The predicted molar refractivity (Wildman–Crippen MR) is 68.1 cm³/mol. The molecule has 0 heterocycles. The molecule has 1 saturated carbocycles. The largest absolute Gasteiger partial charge is 0.396 e. The summed E-state index contributed by atoms with van der Waals surface area (Å²) in [4.78, 5) is 0. The van der Waals surface area contributed by atoms with Gasteiger partial charge in [-0.25, -0.2) is 0 Å². The second kappa shape index (κ2) is 6.69. The summed E-state index contributed by atoms with van der Waals surface area (Å²) in [6.45, 7) is 8.23. The van der Waals surface area contributed by atoms with Gasteiger partial charge in [-0.3, -0.25) is 0 Å². The fourth-order valence-corrected chi connectivity index (χ4v) is 2.27. The van der Waals surface area contributed by atoms with E-state index in [2.05, 4.69) is 19.2 Å². The van der Waals surface area contributed by atoms with E-state index in [1.54, 1.807) is 7.11 Å². The van der Waals surface area contributed by atoms with Gasteiger partial charge in [-0.15, -0.1) is 0 Å². The molecule has 0 aliphatic heterocycles. The summed E-state index contributed by atoms with van der Waals surface area (Å²) >= 11 is 0. The molecule has 1 aliphatic carbocycles. The lowest BCUT2D eigenvalue weighted by Gasteiger charge is -2.44. The molecule has 3 atom stereocenters. The number of ether oxygens (including phenoxy) is 2. The maximum Gasteiger partial charge on any atom is 0.0986 e. The van der Waals surface area contributed by atoms with Crippen LogP contribution in [0.1, 0.15) is 33.6 Å². The van der Waals surface area contributed by atoms with Crippen LogP contribution < -0.4 is 5.32 Å². The predicted octanol–water partition coefficient (Wildman–Crippen LogP) is 1.18. The van der Waals surface area contributed by atoms with Gasteiger partial charge in [0.15, 0.2) is 0 Å². The molecular weight excluding hydrogens is 218 g/mol. The summed E-state index contributed by atoms with van der Waals surface area (Å²) in [6, 6.07) is 0.384. The minimum atomic E-state index is 0.129. The first kappa shape index (κ1) is 14.9. The number of aliphatic hydroxyl groups excluding tert-OH is 1. The molecule has 1 rings (SSSR count). The SMILES string of the molecule is CCOC1CC(NCC(C)(C)CCO)C1OC. The van der Waals surface area contributed by atoms with Gasteiger partial charge in [0.05, 0.1) is 12.2 Å². The molecule has 4 nitrogen and oxygen atoms in total. The third-order valence-corrected chi connectivity index (χ3v) is 3.53. The molecule has 0 spiro atoms. The van der Waals surface area contributed by atoms with Crippen LogP contribution in [0.25, 0.3) is 0 Å². The van der Waals surface area contributed by atoms with E-state index in [-0.39, 0.29) is 24.2 Å². The highest BCUT2D eigenvalue weighted by Crippen LogP contribution is 2.28. The van der Waals surface area contributed by atoms with E-state index in [0.29, 0.717) is 6.04 Å². The van der Waals surface area contributed by atoms with E-state index >= 15 is 0 Å². The highest BCUT2D eigenvalue weighted by molar-refractivity contribution is 4.97. The fraction of sp³-hybridized carbons (Fsp3) is 1.00. The standard InChI is InChI=1S/C13H27NO3/c1-5-17-11-8-10(12(11)16-4)14-9-13(2,3)6-7-15/h10-12,14-15H,5-9H2,1-4H3. The van der Waals surface area contributed by atoms with Crippen LogP contribution in [-0.4, -0.2) is 50.2 Å². The molecule has 0 aromatic rings. The van der Waals surface area contributed by atoms with Gasteiger partial charge >= 0.3 is 0 Å². The zero-order chi connectivity index (χ0) is 12.9. The number of aliphatic hydroxyl groups is 1. The Morgan fingerprint density at radius 3 is 2.65 bits per heavy atom. The van der Waals surface area contributed by atoms with Gasteiger partial charge in [-0.05, 0) is 25.2 Å². The van der Waals surface area contributed by atoms with Crippen molar-refractivity contribution < 1.29 is 14.6 Å². The first-order valence-corrected chi connectivity index (χ1v) is 6.52. The van der Waals surface area contributed by atoms with Gasteiger partial charge in [0.25, 0.3) is 0 Å². The maximum absolute atomic E-state index is 8.98. The number of methoxy groups -OCH3 is 1. The topological polar surface area (TPSA) is 50.7 Å². The lowest BCUT2D eigenvalue weighted by atomic mass is 9.83. The van der Waals surface area contributed by atoms with E-state index in [0.717, 1.165) is 26.0 Å². The van der Waals surface area contributed by atoms with Crippen LogP contribution in [0.4, 0.5) is 0 Å². The Labute approximate surface area is 105 Å². The quantitative estimate of drug-likeness (QED) is 0.674. The van der Waals surface area contributed by atoms with Crippen LogP contribution in [0.15, 0.2) is 0 Å². The number of rotatable bonds is 8. The third-order valence-electron chi connectivity index (χ3n) is 3.53. The molecule has 0 aromatic heterocycles. The Kier molecular flexibility index (Phi) is 5.86. The molecule has 4 heteroatoms. The lowest BCUT2D eigenvalue weighted by molar-refractivity contribution is -0.132. The number of hydrogen-bond donors (Lipinski definition) is 2. The zero-order valence-corrected chi connectivity index (χ0v) is 11.5. The van der Waals surface area contributed by atoms with Crippen molar-refractivity contribution >= 4 is 0 Å². The van der Waals surface area contributed by atoms with Crippen molar-refractivity contribution in [3.63, 3.8) is 0 Å². The normalized spacial score (nSPS) is 29.1. The van der Waals surface area contributed by atoms with Crippen LogP contribution in [0.3, 0.4) is 0 Å². The fourth-order valence-electron chi connectivity index (χ4n) is 2.27. The molecule has 0 saturated heterocycles. The summed E-state index contributed by atoms with van der Waals surface area (Å²) in [5.41, 5.74) is 0.129. The van der Waals surface area contributed by atoms with Crippen molar-refractivity contribution in [2.75, 3.05) is 26.9 Å². The summed E-state index contributed by atoms with van der Waals surface area (Å²) < 4.78 is 11.0. The summed E-state index contributed by atoms with van der Waals surface area (Å²) in [6.07, 6.45) is 2.24. The van der Waals surface area contributed by atoms with Gasteiger partial charge in [0, 0.05) is 32.9 Å². The van der Waals surface area contributed by atoms with Gasteiger partial charge in [0.2, 0.25) is 0 Å². The molecule has 0 amide bonds. The van der Waals surface area contributed by atoms with Crippen LogP contribution in [0.5, 0.6) is 0 Å². The highest BCUT2D eigenvalue weighted by atomic mass is 16.5. The van der Waals surface area contributed by atoms with Gasteiger partial charge < -0.3 is 19.9 Å². The van der Waals surface area contributed by atoms with Crippen molar-refractivity contribution in [3.05, 3.63) is 0 Å². The van der Waals surface area contributed by atoms with E-state index in [1.807, 2.05) is 6.92 Å². The van der Waals surface area contributed by atoms with Crippen LogP contribution in [-0.2, 0) is 9.47 Å². The van der Waals surface area contributed by atoms with Gasteiger partial charge in [-0.1, -0.05) is 13.8 Å². The number of nitrogens with one attached hydrogen (secondary N) is 1. The second-order valence-corrected chi connectivity index (χ2v) is 5.56. The lowest BCUT2D eigenvalue weighted by Crippen LogP contribution is -2.60. The van der Waals surface area contributed by atoms with Crippen molar-refractivity contribution in [3.8, 4) is 0 Å². The van der Waals surface area contributed by atoms with Gasteiger partial charge in [0.1, 0.15) is 0 Å². The summed E-state index contributed by atoms with van der Waals surface area (Å²) in [5.74, 6) is 0. The van der Waals surface area contributed by atoms with Gasteiger partial charge in [-0.2, -0.15) is 0 Å². The molecule has 1 fully saturated rings. The summed E-state index contributed by atoms with van der Waals surface area (Å²) in [5, 5.41) is 12.5. The minimum Gasteiger partial charge on any atom is -0.396 e. The molecule has 17 heavy (non-hydrogen) atoms. The minimum absolute atomic E-state index is 0.129. The smallest absolute Gasteiger partial charge is 0.0986 e. The Hall–Kier alpha value is -0.160. The van der Waals surface area contributed by atoms with Crippen LogP contribution >= 0.6 is 0 Å². The molecule has 0 aromatic carbocycles. The average molecular weight is 245 g/mol. The van der Waals surface area contributed by atoms with Crippen molar-refractivity contribution in [1.82, 2.24) is 5.32 Å². The van der Waals surface area contributed by atoms with Crippen LogP contribution in [0, 0.1) is 5.41 Å². The Morgan fingerprint density at radius 2 is 2.12 bits per heavy atom. The first-order valence-electron chi connectivity index (χ1n) is 6.52. The van der Waals surface area contributed by atoms with E-state index in [1.165, 1.54) is 0 Å². The number of hydrogen-bond acceptors (Lipinski definition) is 4. The molecular formula is C13H27NO3. The van der Waals surface area contributed by atoms with E-state index < -0.39 is 0 Å². The second-order valence-electron chi connectivity index (χ2n) is 5.56. The molecule has 102 valence electrons. The molecule has 3 unspecified atom stereocenters.